The maximum Gasteiger partial charge on any atom is 0.235 e. The van der Waals surface area contributed by atoms with E-state index in [1.165, 1.54) is 0 Å². The third kappa shape index (κ3) is 3.69. The van der Waals surface area contributed by atoms with E-state index in [9.17, 15) is 0 Å². The van der Waals surface area contributed by atoms with E-state index in [1.54, 1.807) is 0 Å². The van der Waals surface area contributed by atoms with Gasteiger partial charge in [-0.3, -0.25) is 8.97 Å². The van der Waals surface area contributed by atoms with E-state index in [0.29, 0.717) is 5.95 Å². The van der Waals surface area contributed by atoms with Crippen LogP contribution >= 0.6 is 0 Å². The molecule has 0 atom stereocenters. The largest absolute Gasteiger partial charge is 0.299 e. The number of imidazole rings is 1. The number of para-hydroxylation sites is 3. The molecule has 0 spiro atoms. The van der Waals surface area contributed by atoms with Crippen molar-refractivity contribution in [3.05, 3.63) is 152 Å². The van der Waals surface area contributed by atoms with Crippen LogP contribution in [0.15, 0.2) is 152 Å². The highest BCUT2D eigenvalue weighted by molar-refractivity contribution is 6.13. The third-order valence-electron chi connectivity index (χ3n) is 8.36. The Morgan fingerprint density at radius 3 is 1.82 bits per heavy atom. The molecule has 4 aromatic heterocycles. The first kappa shape index (κ1) is 24.5. The number of aromatic nitrogens is 5. The van der Waals surface area contributed by atoms with Crippen LogP contribution in [0.5, 0.6) is 0 Å². The number of nitrogens with zero attached hydrogens (tertiary/aromatic N) is 5. The van der Waals surface area contributed by atoms with Gasteiger partial charge >= 0.3 is 0 Å². The van der Waals surface area contributed by atoms with Gasteiger partial charge in [-0.2, -0.15) is 0 Å². The van der Waals surface area contributed by atoms with E-state index in [2.05, 4.69) is 136 Å². The SMILES string of the molecule is c1ccc(-c2nc(-n3c(-c4ccccc4)c(-c4ccccc4)c4c3ccn3c5ccccc5nc43)nc3ccccc23)cc1. The van der Waals surface area contributed by atoms with Gasteiger partial charge in [-0.1, -0.05) is 121 Å². The Hall–Kier alpha value is -6.07. The molecule has 0 radical (unpaired) electrons. The summed E-state index contributed by atoms with van der Waals surface area (Å²) < 4.78 is 4.42. The normalized spacial score (nSPS) is 11.6. The van der Waals surface area contributed by atoms with Crippen molar-refractivity contribution in [3.63, 3.8) is 0 Å². The molecule has 9 aromatic rings. The fourth-order valence-corrected chi connectivity index (χ4v) is 6.44. The number of hydrogen-bond donors (Lipinski definition) is 0. The van der Waals surface area contributed by atoms with Crippen LogP contribution in [0, 0.1) is 0 Å². The number of hydrogen-bond acceptors (Lipinski definition) is 3. The average Bonchev–Trinajstić information content (AvgIpc) is 3.65. The highest BCUT2D eigenvalue weighted by Gasteiger charge is 2.26. The van der Waals surface area contributed by atoms with Crippen molar-refractivity contribution in [3.8, 4) is 39.6 Å². The second kappa shape index (κ2) is 9.75. The Morgan fingerprint density at radius 1 is 0.455 bits per heavy atom. The second-order valence-corrected chi connectivity index (χ2v) is 10.9. The van der Waals surface area contributed by atoms with E-state index >= 15 is 0 Å². The van der Waals surface area contributed by atoms with Crippen LogP contribution in [-0.4, -0.2) is 23.9 Å². The highest BCUT2D eigenvalue weighted by Crippen LogP contribution is 2.44. The van der Waals surface area contributed by atoms with E-state index < -0.39 is 0 Å². The summed E-state index contributed by atoms with van der Waals surface area (Å²) in [7, 11) is 0. The maximum atomic E-state index is 5.33. The van der Waals surface area contributed by atoms with E-state index in [4.69, 9.17) is 15.0 Å². The summed E-state index contributed by atoms with van der Waals surface area (Å²) >= 11 is 0. The molecular weight excluding hydrogens is 538 g/mol. The summed E-state index contributed by atoms with van der Waals surface area (Å²) in [4.78, 5) is 15.7. The van der Waals surface area contributed by atoms with Crippen molar-refractivity contribution < 1.29 is 0 Å². The van der Waals surface area contributed by atoms with Crippen LogP contribution in [-0.2, 0) is 0 Å². The van der Waals surface area contributed by atoms with Crippen LogP contribution in [0.25, 0.3) is 78.1 Å². The van der Waals surface area contributed by atoms with Crippen LogP contribution < -0.4 is 0 Å². The lowest BCUT2D eigenvalue weighted by atomic mass is 9.99. The molecule has 0 amide bonds. The number of pyridine rings is 1. The average molecular weight is 564 g/mol. The zero-order valence-electron chi connectivity index (χ0n) is 23.7. The van der Waals surface area contributed by atoms with Gasteiger partial charge in [0.25, 0.3) is 0 Å². The molecule has 0 N–H and O–H groups in total. The Labute approximate surface area is 253 Å². The molecule has 0 aliphatic carbocycles. The van der Waals surface area contributed by atoms with Gasteiger partial charge < -0.3 is 0 Å². The van der Waals surface area contributed by atoms with Gasteiger partial charge in [0.15, 0.2) is 0 Å². The van der Waals surface area contributed by atoms with Crippen LogP contribution in [0.3, 0.4) is 0 Å². The zero-order chi connectivity index (χ0) is 29.0. The zero-order valence-corrected chi connectivity index (χ0v) is 23.7. The van der Waals surface area contributed by atoms with E-state index in [1.807, 2.05) is 24.3 Å². The molecular formula is C39H25N5. The molecule has 4 heterocycles. The minimum Gasteiger partial charge on any atom is -0.299 e. The quantitative estimate of drug-likeness (QED) is 0.214. The fraction of sp³-hybridized carbons (Fsp3) is 0. The van der Waals surface area contributed by atoms with Gasteiger partial charge in [0, 0.05) is 22.7 Å². The third-order valence-corrected chi connectivity index (χ3v) is 8.36. The van der Waals surface area contributed by atoms with Gasteiger partial charge in [-0.25, -0.2) is 15.0 Å². The summed E-state index contributed by atoms with van der Waals surface area (Å²) in [6.45, 7) is 0. The lowest BCUT2D eigenvalue weighted by Crippen LogP contribution is -2.05. The molecule has 206 valence electrons. The summed E-state index contributed by atoms with van der Waals surface area (Å²) in [6.07, 6.45) is 2.12. The molecule has 5 aromatic carbocycles. The Balaban J connectivity index is 1.49. The predicted octanol–water partition coefficient (Wildman–Crippen LogP) is 9.38. The summed E-state index contributed by atoms with van der Waals surface area (Å²) in [5, 5.41) is 2.08. The molecule has 0 fully saturated rings. The van der Waals surface area contributed by atoms with Crippen molar-refractivity contribution >= 4 is 38.5 Å². The van der Waals surface area contributed by atoms with Crippen molar-refractivity contribution in [1.82, 2.24) is 23.9 Å². The van der Waals surface area contributed by atoms with Crippen LogP contribution in [0.4, 0.5) is 0 Å². The Morgan fingerprint density at radius 2 is 1.07 bits per heavy atom. The van der Waals surface area contributed by atoms with Crippen molar-refractivity contribution in [2.24, 2.45) is 0 Å². The first-order valence-electron chi connectivity index (χ1n) is 14.7. The lowest BCUT2D eigenvalue weighted by Gasteiger charge is -2.14. The molecule has 44 heavy (non-hydrogen) atoms. The topological polar surface area (TPSA) is 48.0 Å². The summed E-state index contributed by atoms with van der Waals surface area (Å²) in [5.41, 5.74) is 11.1. The molecule has 5 nitrogen and oxygen atoms in total. The van der Waals surface area contributed by atoms with Gasteiger partial charge in [-0.15, -0.1) is 0 Å². The van der Waals surface area contributed by atoms with Crippen molar-refractivity contribution in [1.29, 1.82) is 0 Å². The highest BCUT2D eigenvalue weighted by atomic mass is 15.2. The maximum absolute atomic E-state index is 5.33. The molecule has 0 saturated heterocycles. The number of benzene rings is 5. The predicted molar refractivity (Wildman–Crippen MR) is 179 cm³/mol. The van der Waals surface area contributed by atoms with Gasteiger partial charge in [-0.05, 0) is 35.4 Å². The van der Waals surface area contributed by atoms with Crippen LogP contribution in [0.2, 0.25) is 0 Å². The van der Waals surface area contributed by atoms with Gasteiger partial charge in [0.1, 0.15) is 5.65 Å². The molecule has 0 unspecified atom stereocenters. The Kier molecular flexibility index (Phi) is 5.43. The smallest absolute Gasteiger partial charge is 0.235 e. The van der Waals surface area contributed by atoms with Crippen molar-refractivity contribution in [2.45, 2.75) is 0 Å². The first-order chi connectivity index (χ1) is 21.8. The standard InChI is InChI=1S/C39H25N5/c1-4-14-26(15-5-1)34-35-33(24-25-43-32-23-13-12-22-31(32)40-38(35)43)44(37(34)28-18-8-3-9-19-28)39-41-30-21-11-10-20-29(30)36(42-39)27-16-6-2-7-17-27/h1-25H. The number of rotatable bonds is 4. The van der Waals surface area contributed by atoms with E-state index in [0.717, 1.165) is 72.1 Å². The van der Waals surface area contributed by atoms with Gasteiger partial charge in [0.05, 0.1) is 38.8 Å². The minimum atomic E-state index is 0.619. The fourth-order valence-electron chi connectivity index (χ4n) is 6.44. The monoisotopic (exact) mass is 563 g/mol. The minimum absolute atomic E-state index is 0.619. The summed E-state index contributed by atoms with van der Waals surface area (Å²) in [6, 6.07) is 50.2. The molecule has 0 bridgehead atoms. The molecule has 9 rings (SSSR count). The first-order valence-corrected chi connectivity index (χ1v) is 14.7. The van der Waals surface area contributed by atoms with Gasteiger partial charge in [0.2, 0.25) is 5.95 Å². The molecule has 0 aliphatic rings. The van der Waals surface area contributed by atoms with Crippen LogP contribution in [0.1, 0.15) is 0 Å². The van der Waals surface area contributed by atoms with E-state index in [-0.39, 0.29) is 0 Å². The second-order valence-electron chi connectivity index (χ2n) is 10.9. The lowest BCUT2D eigenvalue weighted by molar-refractivity contribution is 0.989. The molecule has 0 saturated carbocycles. The summed E-state index contributed by atoms with van der Waals surface area (Å²) in [5.74, 6) is 0.619. The molecule has 5 heteroatoms. The van der Waals surface area contributed by atoms with Crippen molar-refractivity contribution in [2.75, 3.05) is 0 Å². The number of fused-ring (bicyclic) bond motifs is 6. The molecule has 0 aliphatic heterocycles. The Bertz CT molecular complexity index is 2480.